The molecule has 1 aromatic carbocycles. The van der Waals surface area contributed by atoms with E-state index in [1.165, 1.54) is 16.9 Å². The largest absolute Gasteiger partial charge is 0.383 e. The third-order valence-corrected chi connectivity index (χ3v) is 4.83. The highest BCUT2D eigenvalue weighted by molar-refractivity contribution is 7.20. The molecule has 3 rings (SSSR count). The molecule has 0 aliphatic heterocycles. The van der Waals surface area contributed by atoms with Gasteiger partial charge in [0.1, 0.15) is 15.8 Å². The molecule has 0 fully saturated rings. The fourth-order valence-electron chi connectivity index (χ4n) is 2.23. The monoisotopic (exact) mass is 337 g/mol. The van der Waals surface area contributed by atoms with E-state index in [1.807, 2.05) is 44.3 Å². The van der Waals surface area contributed by atoms with Crippen LogP contribution < -0.4 is 5.73 Å². The Hall–Kier alpha value is -1.49. The van der Waals surface area contributed by atoms with Gasteiger partial charge in [0, 0.05) is 12.6 Å². The number of aromatic nitrogens is 2. The molecule has 0 unspecified atom stereocenters. The fourth-order valence-corrected chi connectivity index (χ4v) is 3.70. The Kier molecular flexibility index (Phi) is 3.69. The molecule has 3 aromatic rings. The summed E-state index contributed by atoms with van der Waals surface area (Å²) in [5.74, 6) is 0.604. The lowest BCUT2D eigenvalue weighted by molar-refractivity contribution is 0.782. The van der Waals surface area contributed by atoms with E-state index in [4.69, 9.17) is 28.9 Å². The maximum absolute atomic E-state index is 6.27. The Balaban J connectivity index is 2.25. The number of halogens is 2. The topological polar surface area (TPSA) is 43.8 Å². The summed E-state index contributed by atoms with van der Waals surface area (Å²) in [7, 11) is 1.82. The van der Waals surface area contributed by atoms with Crippen molar-refractivity contribution in [3.63, 3.8) is 0 Å². The minimum Gasteiger partial charge on any atom is -0.383 e. The second kappa shape index (κ2) is 5.37. The Morgan fingerprint density at radius 2 is 1.86 bits per heavy atom. The molecule has 0 aliphatic rings. The summed E-state index contributed by atoms with van der Waals surface area (Å²) in [6, 6.07) is 10.00. The predicted molar refractivity (Wildman–Crippen MR) is 91.1 cm³/mol. The van der Waals surface area contributed by atoms with Crippen LogP contribution in [0, 0.1) is 6.92 Å². The molecule has 2 aromatic heterocycles. The second-order valence-electron chi connectivity index (χ2n) is 4.84. The van der Waals surface area contributed by atoms with Gasteiger partial charge in [-0.2, -0.15) is 5.10 Å². The molecule has 0 radical (unpaired) electrons. The summed E-state index contributed by atoms with van der Waals surface area (Å²) >= 11 is 13.6. The van der Waals surface area contributed by atoms with Gasteiger partial charge in [-0.3, -0.25) is 4.68 Å². The Bertz CT molecular complexity index is 803. The number of nitrogens with zero attached hydrogens (tertiary/aromatic N) is 2. The van der Waals surface area contributed by atoms with E-state index in [0.29, 0.717) is 14.5 Å². The summed E-state index contributed by atoms with van der Waals surface area (Å²) in [6.07, 6.45) is 0. The molecule has 0 aliphatic carbocycles. The van der Waals surface area contributed by atoms with Crippen molar-refractivity contribution in [2.45, 2.75) is 6.92 Å². The first kappa shape index (κ1) is 14.4. The van der Waals surface area contributed by atoms with Gasteiger partial charge in [-0.05, 0) is 18.6 Å². The predicted octanol–water partition coefficient (Wildman–Crippen LogP) is 5.01. The third-order valence-electron chi connectivity index (χ3n) is 3.34. The van der Waals surface area contributed by atoms with Crippen LogP contribution in [0.3, 0.4) is 0 Å². The van der Waals surface area contributed by atoms with Crippen LogP contribution in [0.2, 0.25) is 8.67 Å². The van der Waals surface area contributed by atoms with E-state index in [1.54, 1.807) is 4.68 Å². The first-order valence-corrected chi connectivity index (χ1v) is 7.89. The molecule has 21 heavy (non-hydrogen) atoms. The molecule has 2 heterocycles. The van der Waals surface area contributed by atoms with Crippen molar-refractivity contribution in [1.29, 1.82) is 0 Å². The highest BCUT2D eigenvalue weighted by Gasteiger charge is 2.20. The zero-order valence-electron chi connectivity index (χ0n) is 11.5. The number of nitrogen functional groups attached to an aromatic ring is 1. The first-order chi connectivity index (χ1) is 9.97. The van der Waals surface area contributed by atoms with E-state index < -0.39 is 0 Å². The number of benzene rings is 1. The number of nitrogens with two attached hydrogens (primary N) is 1. The van der Waals surface area contributed by atoms with E-state index in [0.717, 1.165) is 22.4 Å². The smallest absolute Gasteiger partial charge is 0.129 e. The van der Waals surface area contributed by atoms with E-state index in [9.17, 15) is 0 Å². The number of aryl methyl sites for hydroxylation is 2. The second-order valence-corrected chi connectivity index (χ2v) is 7.12. The van der Waals surface area contributed by atoms with E-state index >= 15 is 0 Å². The van der Waals surface area contributed by atoms with Crippen molar-refractivity contribution in [3.05, 3.63) is 44.6 Å². The molecule has 6 heteroatoms. The zero-order chi connectivity index (χ0) is 15.1. The molecule has 0 bridgehead atoms. The van der Waals surface area contributed by atoms with E-state index in [-0.39, 0.29) is 0 Å². The average Bonchev–Trinajstić information content (AvgIpc) is 2.92. The molecule has 0 atom stereocenters. The molecule has 0 spiro atoms. The lowest BCUT2D eigenvalue weighted by Gasteiger charge is -2.04. The fraction of sp³-hybridized carbons (Fsp3) is 0.133. The van der Waals surface area contributed by atoms with Gasteiger partial charge in [0.05, 0.1) is 9.90 Å². The van der Waals surface area contributed by atoms with Crippen LogP contribution in [0.1, 0.15) is 5.56 Å². The minimum absolute atomic E-state index is 0.604. The maximum atomic E-state index is 6.27. The zero-order valence-corrected chi connectivity index (χ0v) is 13.9. The van der Waals surface area contributed by atoms with Crippen LogP contribution in [0.5, 0.6) is 0 Å². The number of thiophene rings is 1. The highest BCUT2D eigenvalue weighted by atomic mass is 35.5. The summed E-state index contributed by atoms with van der Waals surface area (Å²) in [5.41, 5.74) is 10.9. The summed E-state index contributed by atoms with van der Waals surface area (Å²) < 4.78 is 2.91. The van der Waals surface area contributed by atoms with Gasteiger partial charge in [0.2, 0.25) is 0 Å². The van der Waals surface area contributed by atoms with Crippen LogP contribution in [0.15, 0.2) is 30.3 Å². The average molecular weight is 338 g/mol. The lowest BCUT2D eigenvalue weighted by atomic mass is 10.0. The van der Waals surface area contributed by atoms with Gasteiger partial charge in [-0.1, -0.05) is 53.0 Å². The number of hydrogen-bond acceptors (Lipinski definition) is 3. The van der Waals surface area contributed by atoms with Crippen LogP contribution in [-0.2, 0) is 7.05 Å². The maximum Gasteiger partial charge on any atom is 0.129 e. The molecule has 108 valence electrons. The van der Waals surface area contributed by atoms with Crippen molar-refractivity contribution >= 4 is 40.4 Å². The Morgan fingerprint density at radius 1 is 1.19 bits per heavy atom. The van der Waals surface area contributed by atoms with Crippen LogP contribution in [0.4, 0.5) is 5.82 Å². The lowest BCUT2D eigenvalue weighted by Crippen LogP contribution is -1.97. The van der Waals surface area contributed by atoms with E-state index in [2.05, 4.69) is 5.10 Å². The normalized spacial score (nSPS) is 11.0. The van der Waals surface area contributed by atoms with Gasteiger partial charge >= 0.3 is 0 Å². The van der Waals surface area contributed by atoms with Crippen molar-refractivity contribution in [2.24, 2.45) is 7.05 Å². The molecular formula is C15H13Cl2N3S. The molecule has 2 N–H and O–H groups in total. The van der Waals surface area contributed by atoms with Gasteiger partial charge in [-0.15, -0.1) is 11.3 Å². The number of anilines is 1. The molecule has 3 nitrogen and oxygen atoms in total. The quantitative estimate of drug-likeness (QED) is 0.713. The summed E-state index contributed by atoms with van der Waals surface area (Å²) in [5, 5.41) is 4.51. The molecule has 0 amide bonds. The molecule has 0 saturated carbocycles. The Labute approximate surface area is 136 Å². The Morgan fingerprint density at radius 3 is 2.43 bits per heavy atom. The molecular weight excluding hydrogens is 325 g/mol. The summed E-state index contributed by atoms with van der Waals surface area (Å²) in [4.78, 5) is 0. The van der Waals surface area contributed by atoms with Crippen LogP contribution in [0.25, 0.3) is 22.4 Å². The number of rotatable bonds is 2. The summed E-state index contributed by atoms with van der Waals surface area (Å²) in [6.45, 7) is 2.05. The minimum atomic E-state index is 0.604. The van der Waals surface area contributed by atoms with Gasteiger partial charge in [0.15, 0.2) is 0 Å². The SMILES string of the molecule is Cc1ccc(-c2c(-c3cc(Cl)sc3Cl)nn(C)c2N)cc1. The van der Waals surface area contributed by atoms with Crippen LogP contribution >= 0.6 is 34.5 Å². The number of hydrogen-bond donors (Lipinski definition) is 1. The van der Waals surface area contributed by atoms with Crippen molar-refractivity contribution in [2.75, 3.05) is 5.73 Å². The molecule has 0 saturated heterocycles. The first-order valence-electron chi connectivity index (χ1n) is 6.32. The van der Waals surface area contributed by atoms with Gasteiger partial charge in [-0.25, -0.2) is 0 Å². The third kappa shape index (κ3) is 2.55. The van der Waals surface area contributed by atoms with Crippen molar-refractivity contribution in [3.8, 4) is 22.4 Å². The standard InChI is InChI=1S/C15H13Cl2N3S/c1-8-3-5-9(6-4-8)12-13(19-20(2)15(12)18)10-7-11(16)21-14(10)17/h3-7H,18H2,1-2H3. The van der Waals surface area contributed by atoms with Crippen LogP contribution in [-0.4, -0.2) is 9.78 Å². The van der Waals surface area contributed by atoms with Crippen molar-refractivity contribution < 1.29 is 0 Å². The van der Waals surface area contributed by atoms with Crippen molar-refractivity contribution in [1.82, 2.24) is 9.78 Å². The highest BCUT2D eigenvalue weighted by Crippen LogP contribution is 2.43. The van der Waals surface area contributed by atoms with Gasteiger partial charge in [0.25, 0.3) is 0 Å². The van der Waals surface area contributed by atoms with Gasteiger partial charge < -0.3 is 5.73 Å².